The molecule has 0 saturated carbocycles. The van der Waals surface area contributed by atoms with Crippen molar-refractivity contribution in [3.63, 3.8) is 0 Å². The standard InChI is InChI=1S/C13H17NO4/c1-17-11-5-8-3-4-14-10(7-13(15)16)9(8)6-12(11)18-2/h5-6,10,14H,3-4,7H2,1-2H3,(H,15,16). The van der Waals surface area contributed by atoms with Crippen LogP contribution in [-0.4, -0.2) is 31.8 Å². The average molecular weight is 251 g/mol. The lowest BCUT2D eigenvalue weighted by atomic mass is 9.92. The van der Waals surface area contributed by atoms with Crippen molar-refractivity contribution in [2.24, 2.45) is 0 Å². The van der Waals surface area contributed by atoms with Crippen molar-refractivity contribution in [2.75, 3.05) is 20.8 Å². The van der Waals surface area contributed by atoms with Gasteiger partial charge in [0, 0.05) is 6.04 Å². The van der Waals surface area contributed by atoms with E-state index < -0.39 is 5.97 Å². The first-order valence-electron chi connectivity index (χ1n) is 5.85. The van der Waals surface area contributed by atoms with Crippen LogP contribution < -0.4 is 14.8 Å². The van der Waals surface area contributed by atoms with Gasteiger partial charge in [0.1, 0.15) is 0 Å². The maximum Gasteiger partial charge on any atom is 0.305 e. The van der Waals surface area contributed by atoms with E-state index in [0.29, 0.717) is 11.5 Å². The Bertz CT molecular complexity index is 459. The maximum atomic E-state index is 10.9. The highest BCUT2D eigenvalue weighted by molar-refractivity contribution is 5.68. The number of hydrogen-bond acceptors (Lipinski definition) is 4. The third-order valence-corrected chi connectivity index (χ3v) is 3.18. The largest absolute Gasteiger partial charge is 0.493 e. The quantitative estimate of drug-likeness (QED) is 0.845. The van der Waals surface area contributed by atoms with E-state index in [1.807, 2.05) is 12.1 Å². The molecular weight excluding hydrogens is 234 g/mol. The minimum absolute atomic E-state index is 0.0719. The number of rotatable bonds is 4. The number of ether oxygens (including phenoxy) is 2. The molecule has 1 aromatic carbocycles. The van der Waals surface area contributed by atoms with Crippen LogP contribution in [0.3, 0.4) is 0 Å². The summed E-state index contributed by atoms with van der Waals surface area (Å²) in [5.41, 5.74) is 2.11. The van der Waals surface area contributed by atoms with Crippen molar-refractivity contribution in [1.82, 2.24) is 5.32 Å². The molecule has 2 rings (SSSR count). The summed E-state index contributed by atoms with van der Waals surface area (Å²) >= 11 is 0. The Hall–Kier alpha value is -1.75. The molecule has 1 atom stereocenters. The number of carboxylic acid groups (broad SMARTS) is 1. The molecule has 5 heteroatoms. The van der Waals surface area contributed by atoms with Crippen LogP contribution in [-0.2, 0) is 11.2 Å². The van der Waals surface area contributed by atoms with E-state index in [2.05, 4.69) is 5.32 Å². The summed E-state index contributed by atoms with van der Waals surface area (Å²) in [5, 5.41) is 12.1. The zero-order valence-corrected chi connectivity index (χ0v) is 10.5. The molecule has 1 aliphatic heterocycles. The van der Waals surface area contributed by atoms with Gasteiger partial charge in [-0.15, -0.1) is 0 Å². The summed E-state index contributed by atoms with van der Waals surface area (Å²) in [4.78, 5) is 10.9. The highest BCUT2D eigenvalue weighted by Gasteiger charge is 2.24. The first-order chi connectivity index (χ1) is 8.65. The van der Waals surface area contributed by atoms with E-state index in [-0.39, 0.29) is 12.5 Å². The highest BCUT2D eigenvalue weighted by Crippen LogP contribution is 2.35. The van der Waals surface area contributed by atoms with E-state index in [0.717, 1.165) is 24.1 Å². The van der Waals surface area contributed by atoms with Crippen molar-refractivity contribution in [2.45, 2.75) is 18.9 Å². The highest BCUT2D eigenvalue weighted by atomic mass is 16.5. The van der Waals surface area contributed by atoms with Crippen LogP contribution in [0.1, 0.15) is 23.6 Å². The summed E-state index contributed by atoms with van der Waals surface area (Å²) < 4.78 is 10.5. The summed E-state index contributed by atoms with van der Waals surface area (Å²) in [5.74, 6) is 0.512. The molecule has 5 nitrogen and oxygen atoms in total. The van der Waals surface area contributed by atoms with E-state index >= 15 is 0 Å². The average Bonchev–Trinajstić information content (AvgIpc) is 2.37. The Morgan fingerprint density at radius 3 is 2.67 bits per heavy atom. The number of hydrogen-bond donors (Lipinski definition) is 2. The van der Waals surface area contributed by atoms with Gasteiger partial charge in [-0.2, -0.15) is 0 Å². The Balaban J connectivity index is 2.40. The SMILES string of the molecule is COc1cc2c(cc1OC)C(CC(=O)O)NCC2. The van der Waals surface area contributed by atoms with Crippen molar-refractivity contribution >= 4 is 5.97 Å². The van der Waals surface area contributed by atoms with Crippen LogP contribution in [0.2, 0.25) is 0 Å². The molecule has 0 aromatic heterocycles. The van der Waals surface area contributed by atoms with Crippen LogP contribution >= 0.6 is 0 Å². The number of nitrogens with one attached hydrogen (secondary N) is 1. The number of benzene rings is 1. The Morgan fingerprint density at radius 2 is 2.06 bits per heavy atom. The van der Waals surface area contributed by atoms with E-state index in [9.17, 15) is 4.79 Å². The van der Waals surface area contributed by atoms with Gasteiger partial charge in [0.05, 0.1) is 20.6 Å². The van der Waals surface area contributed by atoms with Gasteiger partial charge in [-0.3, -0.25) is 4.79 Å². The summed E-state index contributed by atoms with van der Waals surface area (Å²) in [6.07, 6.45) is 0.939. The topological polar surface area (TPSA) is 67.8 Å². The molecule has 0 radical (unpaired) electrons. The molecule has 1 unspecified atom stereocenters. The molecule has 0 fully saturated rings. The zero-order valence-electron chi connectivity index (χ0n) is 10.5. The monoisotopic (exact) mass is 251 g/mol. The smallest absolute Gasteiger partial charge is 0.305 e. The first-order valence-corrected chi connectivity index (χ1v) is 5.85. The van der Waals surface area contributed by atoms with E-state index in [4.69, 9.17) is 14.6 Å². The molecule has 98 valence electrons. The van der Waals surface area contributed by atoms with Crippen molar-refractivity contribution in [3.05, 3.63) is 23.3 Å². The minimum Gasteiger partial charge on any atom is -0.493 e. The van der Waals surface area contributed by atoms with Crippen LogP contribution in [0.4, 0.5) is 0 Å². The lowest BCUT2D eigenvalue weighted by molar-refractivity contribution is -0.137. The summed E-state index contributed by atoms with van der Waals surface area (Å²) in [7, 11) is 3.17. The molecule has 0 saturated heterocycles. The molecule has 0 bridgehead atoms. The third kappa shape index (κ3) is 2.41. The molecule has 0 aliphatic carbocycles. The van der Waals surface area contributed by atoms with E-state index in [1.165, 1.54) is 0 Å². The number of aliphatic carboxylic acids is 1. The second-order valence-electron chi connectivity index (χ2n) is 4.26. The molecular formula is C13H17NO4. The number of methoxy groups -OCH3 is 2. The predicted molar refractivity (Wildman–Crippen MR) is 66.2 cm³/mol. The van der Waals surface area contributed by atoms with Crippen molar-refractivity contribution in [3.8, 4) is 11.5 Å². The fraction of sp³-hybridized carbons (Fsp3) is 0.462. The maximum absolute atomic E-state index is 10.9. The zero-order chi connectivity index (χ0) is 13.1. The Kier molecular flexibility index (Phi) is 3.72. The number of carbonyl (C=O) groups is 1. The fourth-order valence-electron chi connectivity index (χ4n) is 2.33. The van der Waals surface area contributed by atoms with Gasteiger partial charge in [0.25, 0.3) is 0 Å². The van der Waals surface area contributed by atoms with E-state index in [1.54, 1.807) is 14.2 Å². The molecule has 1 heterocycles. The fourth-order valence-corrected chi connectivity index (χ4v) is 2.33. The van der Waals surface area contributed by atoms with Gasteiger partial charge in [0.2, 0.25) is 0 Å². The summed E-state index contributed by atoms with van der Waals surface area (Å²) in [6, 6.07) is 3.64. The number of carboxylic acids is 1. The molecule has 0 spiro atoms. The van der Waals surface area contributed by atoms with Gasteiger partial charge < -0.3 is 19.9 Å². The molecule has 1 aliphatic rings. The first kappa shape index (κ1) is 12.7. The normalized spacial score (nSPS) is 18.0. The molecule has 2 N–H and O–H groups in total. The summed E-state index contributed by atoms with van der Waals surface area (Å²) in [6.45, 7) is 0.778. The van der Waals surface area contributed by atoms with Crippen LogP contribution in [0, 0.1) is 0 Å². The Labute approximate surface area is 106 Å². The lowest BCUT2D eigenvalue weighted by Crippen LogP contribution is -2.31. The van der Waals surface area contributed by atoms with Crippen LogP contribution in [0.5, 0.6) is 11.5 Å². The second kappa shape index (κ2) is 5.27. The van der Waals surface area contributed by atoms with Crippen LogP contribution in [0.25, 0.3) is 0 Å². The van der Waals surface area contributed by atoms with Gasteiger partial charge in [-0.1, -0.05) is 0 Å². The van der Waals surface area contributed by atoms with Gasteiger partial charge in [-0.25, -0.2) is 0 Å². The van der Waals surface area contributed by atoms with Gasteiger partial charge in [0.15, 0.2) is 11.5 Å². The third-order valence-electron chi connectivity index (χ3n) is 3.18. The molecule has 18 heavy (non-hydrogen) atoms. The van der Waals surface area contributed by atoms with Crippen molar-refractivity contribution in [1.29, 1.82) is 0 Å². The van der Waals surface area contributed by atoms with Crippen LogP contribution in [0.15, 0.2) is 12.1 Å². The molecule has 0 amide bonds. The Morgan fingerprint density at radius 1 is 1.39 bits per heavy atom. The van der Waals surface area contributed by atoms with Gasteiger partial charge in [-0.05, 0) is 36.2 Å². The molecule has 1 aromatic rings. The minimum atomic E-state index is -0.810. The van der Waals surface area contributed by atoms with Crippen molar-refractivity contribution < 1.29 is 19.4 Å². The second-order valence-corrected chi connectivity index (χ2v) is 4.26. The lowest BCUT2D eigenvalue weighted by Gasteiger charge is -2.27. The predicted octanol–water partition coefficient (Wildman–Crippen LogP) is 1.37. The van der Waals surface area contributed by atoms with Gasteiger partial charge >= 0.3 is 5.97 Å². The number of fused-ring (bicyclic) bond motifs is 1.